The third-order valence-electron chi connectivity index (χ3n) is 5.14. The molecule has 0 radical (unpaired) electrons. The minimum absolute atomic E-state index is 0.00718. The maximum atomic E-state index is 12.7. The van der Waals surface area contributed by atoms with Crippen LogP contribution in [0.3, 0.4) is 0 Å². The van der Waals surface area contributed by atoms with Gasteiger partial charge in [-0.15, -0.1) is 0 Å². The van der Waals surface area contributed by atoms with Crippen LogP contribution in [-0.4, -0.2) is 37.3 Å². The zero-order valence-electron chi connectivity index (χ0n) is 14.6. The Hall–Kier alpha value is -2.90. The molecule has 2 aliphatic rings. The summed E-state index contributed by atoms with van der Waals surface area (Å²) in [5.41, 5.74) is 6.19. The lowest BCUT2D eigenvalue weighted by atomic mass is 10.1. The topological polar surface area (TPSA) is 124 Å². The molecule has 0 aromatic carbocycles. The Morgan fingerprint density at radius 2 is 1.73 bits per heavy atom. The summed E-state index contributed by atoms with van der Waals surface area (Å²) in [6, 6.07) is 3.60. The molecule has 26 heavy (non-hydrogen) atoms. The molecule has 0 saturated heterocycles. The summed E-state index contributed by atoms with van der Waals surface area (Å²) in [7, 11) is 0. The lowest BCUT2D eigenvalue weighted by molar-refractivity contribution is -0.129. The molecule has 2 aromatic heterocycles. The van der Waals surface area contributed by atoms with Gasteiger partial charge in [0.25, 0.3) is 0 Å². The summed E-state index contributed by atoms with van der Waals surface area (Å²) < 4.78 is 0. The molecule has 3 N–H and O–H groups in total. The van der Waals surface area contributed by atoms with E-state index in [-0.39, 0.29) is 23.7 Å². The Labute approximate surface area is 150 Å². The molecule has 4 rings (SSSR count). The van der Waals surface area contributed by atoms with Gasteiger partial charge in [-0.3, -0.25) is 9.59 Å². The molecule has 134 valence electrons. The monoisotopic (exact) mass is 352 g/mol. The van der Waals surface area contributed by atoms with Crippen LogP contribution in [0.1, 0.15) is 47.7 Å². The molecule has 0 bridgehead atoms. The van der Waals surface area contributed by atoms with Crippen LogP contribution in [0.15, 0.2) is 24.5 Å². The highest BCUT2D eigenvalue weighted by molar-refractivity contribution is 5.96. The van der Waals surface area contributed by atoms with Crippen LogP contribution in [0.5, 0.6) is 0 Å². The number of carbonyl (C=O) groups excluding carboxylic acids is 2. The first-order chi connectivity index (χ1) is 12.4. The molecule has 4 atom stereocenters. The smallest absolute Gasteiger partial charge is 0.243 e. The summed E-state index contributed by atoms with van der Waals surface area (Å²) in [6.45, 7) is 3.75. The van der Waals surface area contributed by atoms with Gasteiger partial charge in [0.2, 0.25) is 11.8 Å². The normalized spacial score (nSPS) is 29.1. The molecular formula is C18H20N6O2. The number of rotatable bonds is 5. The van der Waals surface area contributed by atoms with E-state index in [1.54, 1.807) is 18.5 Å². The van der Waals surface area contributed by atoms with Gasteiger partial charge in [-0.2, -0.15) is 0 Å². The highest BCUT2D eigenvalue weighted by Gasteiger charge is 2.63. The fourth-order valence-electron chi connectivity index (χ4n) is 3.41. The first-order valence-corrected chi connectivity index (χ1v) is 8.62. The minimum atomic E-state index is -1.09. The standard InChI is InChI=1S/C18H20N6O2/c1-9-3-5-20-14(22-9)11-7-12(11)16(25)24-18(17(19)26)8-13(18)15-21-6-4-10(2)23-15/h3-6,11-13H,7-8H2,1-2H3,(H2,19,26)(H,24,25)/t11-,12-,13+,18-/m0/s1. The van der Waals surface area contributed by atoms with Crippen molar-refractivity contribution < 1.29 is 9.59 Å². The number of hydrogen-bond donors (Lipinski definition) is 2. The Balaban J connectivity index is 1.47. The number of nitrogens with two attached hydrogens (primary N) is 1. The summed E-state index contributed by atoms with van der Waals surface area (Å²) in [4.78, 5) is 41.9. The van der Waals surface area contributed by atoms with Crippen LogP contribution >= 0.6 is 0 Å². The Bertz CT molecular complexity index is 901. The van der Waals surface area contributed by atoms with Crippen molar-refractivity contribution in [2.45, 2.75) is 44.1 Å². The van der Waals surface area contributed by atoms with Crippen molar-refractivity contribution in [2.24, 2.45) is 11.7 Å². The lowest BCUT2D eigenvalue weighted by Gasteiger charge is -2.15. The van der Waals surface area contributed by atoms with Crippen LogP contribution in [0, 0.1) is 19.8 Å². The maximum absolute atomic E-state index is 12.7. The average Bonchev–Trinajstić information content (AvgIpc) is 3.49. The van der Waals surface area contributed by atoms with E-state index in [1.807, 2.05) is 19.9 Å². The van der Waals surface area contributed by atoms with Crippen LogP contribution in [-0.2, 0) is 9.59 Å². The van der Waals surface area contributed by atoms with Gasteiger partial charge >= 0.3 is 0 Å². The van der Waals surface area contributed by atoms with Gasteiger partial charge in [0.15, 0.2) is 0 Å². The molecule has 0 spiro atoms. The van der Waals surface area contributed by atoms with Gasteiger partial charge < -0.3 is 11.1 Å². The van der Waals surface area contributed by atoms with Crippen LogP contribution in [0.4, 0.5) is 0 Å². The largest absolute Gasteiger partial charge is 0.368 e. The van der Waals surface area contributed by atoms with Gasteiger partial charge in [-0.1, -0.05) is 0 Å². The molecule has 0 unspecified atom stereocenters. The van der Waals surface area contributed by atoms with E-state index in [4.69, 9.17) is 5.73 Å². The predicted molar refractivity (Wildman–Crippen MR) is 91.8 cm³/mol. The molecule has 0 aliphatic heterocycles. The molecule has 2 amide bonds. The van der Waals surface area contributed by atoms with Crippen molar-refractivity contribution in [3.8, 4) is 0 Å². The van der Waals surface area contributed by atoms with Crippen molar-refractivity contribution >= 4 is 11.8 Å². The third kappa shape index (κ3) is 2.81. The van der Waals surface area contributed by atoms with E-state index in [0.717, 1.165) is 11.4 Å². The summed E-state index contributed by atoms with van der Waals surface area (Å²) in [6.07, 6.45) is 4.45. The number of aryl methyl sites for hydroxylation is 2. The van der Waals surface area contributed by atoms with Crippen molar-refractivity contribution in [1.29, 1.82) is 0 Å². The molecule has 2 aliphatic carbocycles. The van der Waals surface area contributed by atoms with E-state index in [2.05, 4.69) is 25.3 Å². The molecule has 2 heterocycles. The Morgan fingerprint density at radius 1 is 1.12 bits per heavy atom. The van der Waals surface area contributed by atoms with Crippen molar-refractivity contribution in [3.05, 3.63) is 47.6 Å². The molecule has 2 fully saturated rings. The van der Waals surface area contributed by atoms with Gasteiger partial charge in [0.1, 0.15) is 17.2 Å². The number of amides is 2. The fourth-order valence-corrected chi connectivity index (χ4v) is 3.41. The van der Waals surface area contributed by atoms with Gasteiger partial charge in [0.05, 0.1) is 5.92 Å². The van der Waals surface area contributed by atoms with Crippen molar-refractivity contribution in [1.82, 2.24) is 25.3 Å². The molecule has 2 saturated carbocycles. The van der Waals surface area contributed by atoms with Gasteiger partial charge in [-0.25, -0.2) is 19.9 Å². The first kappa shape index (κ1) is 16.6. The zero-order chi connectivity index (χ0) is 18.5. The van der Waals surface area contributed by atoms with Crippen LogP contribution in [0.2, 0.25) is 0 Å². The van der Waals surface area contributed by atoms with E-state index in [9.17, 15) is 9.59 Å². The van der Waals surface area contributed by atoms with E-state index in [1.165, 1.54) is 0 Å². The number of primary amides is 1. The molecule has 8 nitrogen and oxygen atoms in total. The van der Waals surface area contributed by atoms with Gasteiger partial charge in [-0.05, 0) is 38.8 Å². The number of nitrogens with one attached hydrogen (secondary N) is 1. The minimum Gasteiger partial charge on any atom is -0.368 e. The Kier molecular flexibility index (Phi) is 3.71. The molecule has 2 aromatic rings. The summed E-state index contributed by atoms with van der Waals surface area (Å²) in [5.74, 6) is -0.0404. The van der Waals surface area contributed by atoms with Crippen LogP contribution in [0.25, 0.3) is 0 Å². The number of aromatic nitrogens is 4. The van der Waals surface area contributed by atoms with Crippen molar-refractivity contribution in [2.75, 3.05) is 0 Å². The van der Waals surface area contributed by atoms with Crippen LogP contribution < -0.4 is 11.1 Å². The lowest BCUT2D eigenvalue weighted by Crippen LogP contribution is -2.49. The fraction of sp³-hybridized carbons (Fsp3) is 0.444. The zero-order valence-corrected chi connectivity index (χ0v) is 14.6. The average molecular weight is 352 g/mol. The van der Waals surface area contributed by atoms with E-state index in [0.29, 0.717) is 24.5 Å². The second-order valence-electron chi connectivity index (χ2n) is 7.14. The SMILES string of the molecule is Cc1ccnc([C@H]2C[C@@H]2C(=O)N[C@@]2(C(N)=O)C[C@@H]2c2nccc(C)n2)n1. The highest BCUT2D eigenvalue weighted by atomic mass is 16.2. The third-order valence-corrected chi connectivity index (χ3v) is 5.14. The molecule has 8 heteroatoms. The van der Waals surface area contributed by atoms with Gasteiger partial charge in [0, 0.05) is 35.6 Å². The summed E-state index contributed by atoms with van der Waals surface area (Å²) >= 11 is 0. The Morgan fingerprint density at radius 3 is 2.35 bits per heavy atom. The predicted octanol–water partition coefficient (Wildman–Crippen LogP) is 0.515. The maximum Gasteiger partial charge on any atom is 0.243 e. The first-order valence-electron chi connectivity index (χ1n) is 8.62. The second-order valence-corrected chi connectivity index (χ2v) is 7.14. The second kappa shape index (κ2) is 5.82. The van der Waals surface area contributed by atoms with E-state index >= 15 is 0 Å². The van der Waals surface area contributed by atoms with Crippen molar-refractivity contribution in [3.63, 3.8) is 0 Å². The number of nitrogens with zero attached hydrogens (tertiary/aromatic N) is 4. The van der Waals surface area contributed by atoms with E-state index < -0.39 is 11.4 Å². The number of hydrogen-bond acceptors (Lipinski definition) is 6. The highest BCUT2D eigenvalue weighted by Crippen LogP contribution is 2.52. The molecular weight excluding hydrogens is 332 g/mol. The number of carbonyl (C=O) groups is 2. The summed E-state index contributed by atoms with van der Waals surface area (Å²) in [5, 5.41) is 2.86. The quantitative estimate of drug-likeness (QED) is 0.808.